The molecule has 30 heavy (non-hydrogen) atoms. The van der Waals surface area contributed by atoms with Crippen molar-refractivity contribution in [3.63, 3.8) is 0 Å². The van der Waals surface area contributed by atoms with E-state index >= 15 is 0 Å². The maximum atomic E-state index is 10.8. The van der Waals surface area contributed by atoms with E-state index in [0.717, 1.165) is 41.0 Å². The summed E-state index contributed by atoms with van der Waals surface area (Å²) in [6.45, 7) is 0.349. The standard InChI is InChI=1S/C21H17IN6O2/c22-4-3-15-11-25-19(20-2-1-17-7-14(9-23)10-26-28(17)20)8-18(15)27-16-5-13(6-16)12-30-21(24)29/h1-2,7-8,10-11,13,16H,5-6,12H2,(H2,24,29)(H,25,27). The van der Waals surface area contributed by atoms with Gasteiger partial charge in [-0.1, -0.05) is 5.92 Å². The lowest BCUT2D eigenvalue weighted by Gasteiger charge is -2.36. The Kier molecular flexibility index (Phi) is 5.72. The largest absolute Gasteiger partial charge is 0.449 e. The van der Waals surface area contributed by atoms with E-state index in [1.807, 2.05) is 40.8 Å². The van der Waals surface area contributed by atoms with Crippen LogP contribution in [0.15, 0.2) is 36.7 Å². The molecule has 0 atom stereocenters. The first-order chi connectivity index (χ1) is 14.6. The second kappa shape index (κ2) is 8.59. The number of primary amides is 1. The number of aromatic nitrogens is 3. The summed E-state index contributed by atoms with van der Waals surface area (Å²) < 4.78 is 9.53. The molecule has 1 aliphatic rings. The van der Waals surface area contributed by atoms with Crippen LogP contribution in [-0.4, -0.2) is 33.3 Å². The Hall–Kier alpha value is -3.31. The summed E-state index contributed by atoms with van der Waals surface area (Å²) >= 11 is 2.00. The van der Waals surface area contributed by atoms with Crippen LogP contribution >= 0.6 is 22.6 Å². The van der Waals surface area contributed by atoms with Gasteiger partial charge in [-0.15, -0.1) is 0 Å². The van der Waals surface area contributed by atoms with Crippen LogP contribution in [0.5, 0.6) is 0 Å². The molecule has 150 valence electrons. The highest BCUT2D eigenvalue weighted by molar-refractivity contribution is 14.1. The molecule has 3 aromatic heterocycles. The number of hydrogen-bond acceptors (Lipinski definition) is 6. The number of fused-ring (bicyclic) bond motifs is 1. The summed E-state index contributed by atoms with van der Waals surface area (Å²) in [5.41, 5.74) is 9.65. The van der Waals surface area contributed by atoms with Crippen molar-refractivity contribution >= 4 is 39.9 Å². The number of anilines is 1. The first kappa shape index (κ1) is 20.0. The molecule has 4 rings (SSSR count). The second-order valence-corrected chi connectivity index (χ2v) is 7.59. The molecule has 0 bridgehead atoms. The summed E-state index contributed by atoms with van der Waals surface area (Å²) in [6, 6.07) is 9.95. The van der Waals surface area contributed by atoms with Crippen molar-refractivity contribution in [2.75, 3.05) is 11.9 Å². The normalized spacial score (nSPS) is 17.3. The minimum Gasteiger partial charge on any atom is -0.449 e. The topological polar surface area (TPSA) is 118 Å². The predicted molar refractivity (Wildman–Crippen MR) is 120 cm³/mol. The zero-order valence-corrected chi connectivity index (χ0v) is 18.0. The molecule has 0 saturated heterocycles. The van der Waals surface area contributed by atoms with Crippen molar-refractivity contribution < 1.29 is 9.53 Å². The van der Waals surface area contributed by atoms with Gasteiger partial charge in [0.25, 0.3) is 0 Å². The van der Waals surface area contributed by atoms with Gasteiger partial charge in [-0.25, -0.2) is 9.31 Å². The van der Waals surface area contributed by atoms with E-state index in [1.165, 1.54) is 6.20 Å². The van der Waals surface area contributed by atoms with Gasteiger partial charge in [0.1, 0.15) is 6.07 Å². The summed E-state index contributed by atoms with van der Waals surface area (Å²) in [7, 11) is 0. The molecule has 0 spiro atoms. The number of hydrogen-bond donors (Lipinski definition) is 2. The van der Waals surface area contributed by atoms with E-state index in [4.69, 9.17) is 15.7 Å². The van der Waals surface area contributed by atoms with E-state index in [1.54, 1.807) is 16.8 Å². The van der Waals surface area contributed by atoms with Crippen LogP contribution < -0.4 is 11.1 Å². The molecule has 1 fully saturated rings. The molecule has 0 aromatic carbocycles. The predicted octanol–water partition coefficient (Wildman–Crippen LogP) is 3.30. The van der Waals surface area contributed by atoms with Crippen LogP contribution in [0, 0.1) is 27.1 Å². The first-order valence-electron chi connectivity index (χ1n) is 9.26. The fraction of sp³-hybridized carbons (Fsp3) is 0.238. The molecule has 1 amide bonds. The van der Waals surface area contributed by atoms with Crippen LogP contribution in [-0.2, 0) is 4.74 Å². The molecule has 9 heteroatoms. The summed E-state index contributed by atoms with van der Waals surface area (Å²) in [4.78, 5) is 15.3. The Bertz CT molecular complexity index is 1210. The smallest absolute Gasteiger partial charge is 0.404 e. The minimum absolute atomic E-state index is 0.261. The first-order valence-corrected chi connectivity index (χ1v) is 10.3. The number of carbonyl (C=O) groups is 1. The van der Waals surface area contributed by atoms with Crippen LogP contribution in [0.3, 0.4) is 0 Å². The lowest BCUT2D eigenvalue weighted by Crippen LogP contribution is -2.38. The summed E-state index contributed by atoms with van der Waals surface area (Å²) in [5, 5.41) is 17.0. The molecule has 3 heterocycles. The Balaban J connectivity index is 1.57. The van der Waals surface area contributed by atoms with Crippen LogP contribution in [0.1, 0.15) is 24.0 Å². The molecule has 3 N–H and O–H groups in total. The van der Waals surface area contributed by atoms with Gasteiger partial charge in [-0.3, -0.25) is 4.98 Å². The van der Waals surface area contributed by atoms with E-state index in [9.17, 15) is 4.79 Å². The van der Waals surface area contributed by atoms with Crippen LogP contribution in [0.2, 0.25) is 0 Å². The Morgan fingerprint density at radius 1 is 1.37 bits per heavy atom. The zero-order valence-electron chi connectivity index (χ0n) is 15.8. The van der Waals surface area contributed by atoms with Crippen molar-refractivity contribution in [3.05, 3.63) is 47.8 Å². The van der Waals surface area contributed by atoms with Gasteiger partial charge in [0.05, 0.1) is 46.5 Å². The number of nitrogens with two attached hydrogens (primary N) is 1. The second-order valence-electron chi connectivity index (χ2n) is 7.05. The number of ether oxygens (including phenoxy) is 1. The summed E-state index contributed by atoms with van der Waals surface area (Å²) in [6.07, 6.45) is 4.32. The maximum Gasteiger partial charge on any atom is 0.404 e. The molecule has 1 saturated carbocycles. The molecular formula is C21H17IN6O2. The van der Waals surface area contributed by atoms with Gasteiger partial charge in [0, 0.05) is 34.8 Å². The number of pyridine rings is 1. The highest BCUT2D eigenvalue weighted by Crippen LogP contribution is 2.32. The molecule has 1 aliphatic carbocycles. The SMILES string of the molecule is N#Cc1cnn2c(-c3cc(NC4CC(COC(N)=O)C4)c(C#CI)cn3)ccc2c1. The van der Waals surface area contributed by atoms with Crippen molar-refractivity contribution in [2.45, 2.75) is 18.9 Å². The van der Waals surface area contributed by atoms with Gasteiger partial charge in [-0.2, -0.15) is 10.4 Å². The molecular weight excluding hydrogens is 495 g/mol. The third-order valence-corrected chi connectivity index (χ3v) is 5.30. The molecule has 3 aromatic rings. The number of amides is 1. The van der Waals surface area contributed by atoms with Crippen molar-refractivity contribution in [1.29, 1.82) is 5.26 Å². The number of carbonyl (C=O) groups excluding carboxylic acids is 1. The minimum atomic E-state index is -0.736. The number of nitrogens with zero attached hydrogens (tertiary/aromatic N) is 4. The molecule has 0 radical (unpaired) electrons. The quantitative estimate of drug-likeness (QED) is 0.400. The fourth-order valence-electron chi connectivity index (χ4n) is 3.53. The zero-order chi connectivity index (χ0) is 21.1. The third kappa shape index (κ3) is 4.16. The number of halogens is 1. The van der Waals surface area contributed by atoms with E-state index in [-0.39, 0.29) is 6.04 Å². The molecule has 0 aliphatic heterocycles. The number of nitriles is 1. The Labute approximate surface area is 186 Å². The number of nitrogens with one attached hydrogen (secondary N) is 1. The monoisotopic (exact) mass is 512 g/mol. The van der Waals surface area contributed by atoms with E-state index in [2.05, 4.69) is 31.3 Å². The highest BCUT2D eigenvalue weighted by atomic mass is 127. The van der Waals surface area contributed by atoms with E-state index < -0.39 is 6.09 Å². The van der Waals surface area contributed by atoms with Crippen LogP contribution in [0.4, 0.5) is 10.5 Å². The number of rotatable bonds is 5. The van der Waals surface area contributed by atoms with Gasteiger partial charge in [0.15, 0.2) is 0 Å². The van der Waals surface area contributed by atoms with Crippen molar-refractivity contribution in [3.8, 4) is 27.3 Å². The Morgan fingerprint density at radius 2 is 2.20 bits per heavy atom. The Morgan fingerprint density at radius 3 is 2.93 bits per heavy atom. The van der Waals surface area contributed by atoms with Gasteiger partial charge in [-0.05, 0) is 47.0 Å². The lowest BCUT2D eigenvalue weighted by molar-refractivity contribution is 0.106. The lowest BCUT2D eigenvalue weighted by atomic mass is 9.80. The third-order valence-electron chi connectivity index (χ3n) is 5.03. The van der Waals surface area contributed by atoms with Crippen molar-refractivity contribution in [1.82, 2.24) is 14.6 Å². The summed E-state index contributed by atoms with van der Waals surface area (Å²) in [5.74, 6) is 3.38. The molecule has 0 unspecified atom stereocenters. The van der Waals surface area contributed by atoms with Gasteiger partial charge >= 0.3 is 6.09 Å². The van der Waals surface area contributed by atoms with Crippen molar-refractivity contribution in [2.24, 2.45) is 11.7 Å². The van der Waals surface area contributed by atoms with Gasteiger partial charge in [0.2, 0.25) is 0 Å². The molecule has 8 nitrogen and oxygen atoms in total. The fourth-order valence-corrected chi connectivity index (χ4v) is 3.82. The van der Waals surface area contributed by atoms with E-state index in [0.29, 0.717) is 18.1 Å². The van der Waals surface area contributed by atoms with Gasteiger partial charge < -0.3 is 15.8 Å². The average Bonchev–Trinajstić information content (AvgIpc) is 3.13. The van der Waals surface area contributed by atoms with Crippen LogP contribution in [0.25, 0.3) is 16.9 Å². The highest BCUT2D eigenvalue weighted by Gasteiger charge is 2.30. The average molecular weight is 512 g/mol. The maximum absolute atomic E-state index is 10.8.